The number of benzene rings is 1. The average molecular weight is 318 g/mol. The average Bonchev–Trinajstić information content (AvgIpc) is 2.94. The molecule has 2 aromatic rings. The van der Waals surface area contributed by atoms with Gasteiger partial charge >= 0.3 is 6.09 Å². The Kier molecular flexibility index (Phi) is 4.08. The molecule has 0 unspecified atom stereocenters. The first-order valence-electron chi connectivity index (χ1n) is 7.74. The smallest absolute Gasteiger partial charge is 0.410 e. The summed E-state index contributed by atoms with van der Waals surface area (Å²) >= 11 is 1.71. The highest BCUT2D eigenvalue weighted by Crippen LogP contribution is 2.34. The van der Waals surface area contributed by atoms with E-state index in [9.17, 15) is 4.79 Å². The molecular formula is C17H22N2O2S. The standard InChI is InChI=1S/C17H22N2O2S/c1-17(2,3)21-16(20)19-9-7-12(8-10-19)13-5-4-6-14-15(13)22-11-18-14/h4-6,11-12H,7-10H2,1-3H3. The van der Waals surface area contributed by atoms with E-state index in [1.807, 2.05) is 31.2 Å². The first-order valence-corrected chi connectivity index (χ1v) is 8.62. The summed E-state index contributed by atoms with van der Waals surface area (Å²) in [6.45, 7) is 7.23. The fourth-order valence-corrected chi connectivity index (χ4v) is 3.81. The Bertz CT molecular complexity index is 667. The molecule has 0 bridgehead atoms. The number of thiazole rings is 1. The van der Waals surface area contributed by atoms with Crippen LogP contribution in [0.5, 0.6) is 0 Å². The lowest BCUT2D eigenvalue weighted by atomic mass is 9.89. The lowest BCUT2D eigenvalue weighted by Gasteiger charge is -2.33. The van der Waals surface area contributed by atoms with E-state index >= 15 is 0 Å². The molecule has 0 aliphatic carbocycles. The lowest BCUT2D eigenvalue weighted by Crippen LogP contribution is -2.41. The highest BCUT2D eigenvalue weighted by Gasteiger charge is 2.28. The van der Waals surface area contributed by atoms with Gasteiger partial charge in [-0.25, -0.2) is 9.78 Å². The fourth-order valence-electron chi connectivity index (χ4n) is 2.93. The van der Waals surface area contributed by atoms with Gasteiger partial charge in [-0.1, -0.05) is 12.1 Å². The minimum Gasteiger partial charge on any atom is -0.444 e. The first kappa shape index (κ1) is 15.3. The molecular weight excluding hydrogens is 296 g/mol. The second-order valence-electron chi connectivity index (χ2n) is 6.79. The van der Waals surface area contributed by atoms with Gasteiger partial charge in [-0.3, -0.25) is 0 Å². The number of rotatable bonds is 1. The van der Waals surface area contributed by atoms with E-state index < -0.39 is 5.60 Å². The Hall–Kier alpha value is -1.62. The molecule has 0 N–H and O–H groups in total. The Balaban J connectivity index is 1.67. The van der Waals surface area contributed by atoms with E-state index in [0.29, 0.717) is 5.92 Å². The van der Waals surface area contributed by atoms with E-state index in [2.05, 4.69) is 23.2 Å². The molecule has 1 aromatic carbocycles. The number of piperidine rings is 1. The van der Waals surface area contributed by atoms with Crippen LogP contribution in [0.4, 0.5) is 4.79 Å². The summed E-state index contributed by atoms with van der Waals surface area (Å²) in [5.41, 5.74) is 3.94. The molecule has 4 nitrogen and oxygen atoms in total. The molecule has 5 heteroatoms. The van der Waals surface area contributed by atoms with Crippen molar-refractivity contribution in [2.45, 2.75) is 45.1 Å². The van der Waals surface area contributed by atoms with E-state index in [1.54, 1.807) is 11.3 Å². The van der Waals surface area contributed by atoms with Gasteiger partial charge in [0.05, 0.1) is 15.7 Å². The second-order valence-corrected chi connectivity index (χ2v) is 7.64. The highest BCUT2D eigenvalue weighted by atomic mass is 32.1. The topological polar surface area (TPSA) is 42.4 Å². The number of carbonyl (C=O) groups excluding carboxylic acids is 1. The number of fused-ring (bicyclic) bond motifs is 1. The highest BCUT2D eigenvalue weighted by molar-refractivity contribution is 7.16. The Labute approximate surface area is 135 Å². The molecule has 1 fully saturated rings. The van der Waals surface area contributed by atoms with Gasteiger partial charge in [-0.05, 0) is 51.2 Å². The van der Waals surface area contributed by atoms with E-state index in [0.717, 1.165) is 31.4 Å². The number of amides is 1. The van der Waals surface area contributed by atoms with Crippen molar-refractivity contribution in [1.29, 1.82) is 0 Å². The van der Waals surface area contributed by atoms with Gasteiger partial charge in [-0.2, -0.15) is 0 Å². The molecule has 0 spiro atoms. The molecule has 1 aliphatic rings. The molecule has 0 atom stereocenters. The molecule has 1 aromatic heterocycles. The first-order chi connectivity index (χ1) is 10.4. The maximum atomic E-state index is 12.1. The van der Waals surface area contributed by atoms with Gasteiger partial charge in [0.2, 0.25) is 0 Å². The van der Waals surface area contributed by atoms with Gasteiger partial charge < -0.3 is 9.64 Å². The second kappa shape index (κ2) is 5.88. The minimum atomic E-state index is -0.428. The number of aromatic nitrogens is 1. The molecule has 1 aliphatic heterocycles. The van der Waals surface area contributed by atoms with Crippen molar-refractivity contribution in [3.8, 4) is 0 Å². The van der Waals surface area contributed by atoms with Crippen molar-refractivity contribution in [2.75, 3.05) is 13.1 Å². The van der Waals surface area contributed by atoms with Gasteiger partial charge in [0.1, 0.15) is 5.60 Å². The van der Waals surface area contributed by atoms with Crippen LogP contribution in [-0.4, -0.2) is 34.7 Å². The molecule has 3 rings (SSSR count). The summed E-state index contributed by atoms with van der Waals surface area (Å²) in [7, 11) is 0. The Morgan fingerprint density at radius 2 is 2.05 bits per heavy atom. The summed E-state index contributed by atoms with van der Waals surface area (Å²) in [5, 5.41) is 0. The van der Waals surface area contributed by atoms with Crippen molar-refractivity contribution >= 4 is 27.6 Å². The molecule has 2 heterocycles. The third kappa shape index (κ3) is 3.24. The van der Waals surface area contributed by atoms with Gasteiger partial charge in [0.25, 0.3) is 0 Å². The quantitative estimate of drug-likeness (QED) is 0.782. The maximum absolute atomic E-state index is 12.1. The zero-order chi connectivity index (χ0) is 15.7. The SMILES string of the molecule is CC(C)(C)OC(=O)N1CCC(c2cccc3ncsc23)CC1. The number of hydrogen-bond acceptors (Lipinski definition) is 4. The maximum Gasteiger partial charge on any atom is 0.410 e. The third-order valence-corrected chi connectivity index (χ3v) is 4.86. The van der Waals surface area contributed by atoms with Crippen LogP contribution in [0.3, 0.4) is 0 Å². The Morgan fingerprint density at radius 3 is 2.73 bits per heavy atom. The predicted molar refractivity (Wildman–Crippen MR) is 89.4 cm³/mol. The van der Waals surface area contributed by atoms with Crippen molar-refractivity contribution in [3.05, 3.63) is 29.3 Å². The number of likely N-dealkylation sites (tertiary alicyclic amines) is 1. The van der Waals surface area contributed by atoms with E-state index in [4.69, 9.17) is 4.74 Å². The molecule has 0 radical (unpaired) electrons. The normalized spacial score (nSPS) is 17.0. The number of carbonyl (C=O) groups is 1. The lowest BCUT2D eigenvalue weighted by molar-refractivity contribution is 0.0205. The summed E-state index contributed by atoms with van der Waals surface area (Å²) in [6.07, 6.45) is 1.77. The van der Waals surface area contributed by atoms with Crippen molar-refractivity contribution in [1.82, 2.24) is 9.88 Å². The zero-order valence-electron chi connectivity index (χ0n) is 13.3. The van der Waals surface area contributed by atoms with Gasteiger partial charge in [0, 0.05) is 13.1 Å². The fraction of sp³-hybridized carbons (Fsp3) is 0.529. The van der Waals surface area contributed by atoms with E-state index in [-0.39, 0.29) is 6.09 Å². The molecule has 118 valence electrons. The number of hydrogen-bond donors (Lipinski definition) is 0. The Morgan fingerprint density at radius 1 is 1.32 bits per heavy atom. The number of ether oxygens (including phenoxy) is 1. The van der Waals surface area contributed by atoms with Crippen LogP contribution < -0.4 is 0 Å². The summed E-state index contributed by atoms with van der Waals surface area (Å²) in [5.74, 6) is 0.503. The zero-order valence-corrected chi connectivity index (χ0v) is 14.2. The van der Waals surface area contributed by atoms with Crippen LogP contribution in [0.1, 0.15) is 45.1 Å². The van der Waals surface area contributed by atoms with Crippen LogP contribution in [0.2, 0.25) is 0 Å². The van der Waals surface area contributed by atoms with Crippen molar-refractivity contribution in [2.24, 2.45) is 0 Å². The van der Waals surface area contributed by atoms with Crippen molar-refractivity contribution < 1.29 is 9.53 Å². The van der Waals surface area contributed by atoms with Gasteiger partial charge in [0.15, 0.2) is 0 Å². The summed E-state index contributed by atoms with van der Waals surface area (Å²) in [4.78, 5) is 18.3. The van der Waals surface area contributed by atoms with Crippen LogP contribution in [-0.2, 0) is 4.74 Å². The predicted octanol–water partition coefficient (Wildman–Crippen LogP) is 4.41. The third-order valence-electron chi connectivity index (χ3n) is 3.97. The number of nitrogens with zero attached hydrogens (tertiary/aromatic N) is 2. The van der Waals surface area contributed by atoms with E-state index in [1.165, 1.54) is 10.3 Å². The van der Waals surface area contributed by atoms with Crippen LogP contribution in [0.15, 0.2) is 23.7 Å². The minimum absolute atomic E-state index is 0.193. The molecule has 1 amide bonds. The van der Waals surface area contributed by atoms with Crippen LogP contribution in [0, 0.1) is 0 Å². The summed E-state index contributed by atoms with van der Waals surface area (Å²) in [6, 6.07) is 6.34. The monoisotopic (exact) mass is 318 g/mol. The van der Waals surface area contributed by atoms with Crippen LogP contribution in [0.25, 0.3) is 10.2 Å². The molecule has 22 heavy (non-hydrogen) atoms. The van der Waals surface area contributed by atoms with Crippen LogP contribution >= 0.6 is 11.3 Å². The largest absolute Gasteiger partial charge is 0.444 e. The molecule has 0 saturated carbocycles. The summed E-state index contributed by atoms with van der Waals surface area (Å²) < 4.78 is 6.75. The molecule has 1 saturated heterocycles. The van der Waals surface area contributed by atoms with Crippen molar-refractivity contribution in [3.63, 3.8) is 0 Å². The van der Waals surface area contributed by atoms with Gasteiger partial charge in [-0.15, -0.1) is 11.3 Å².